The van der Waals surface area contributed by atoms with E-state index in [9.17, 15) is 5.21 Å². The van der Waals surface area contributed by atoms with Crippen LogP contribution in [0, 0.1) is 6.92 Å². The maximum atomic E-state index is 10.3. The van der Waals surface area contributed by atoms with Crippen molar-refractivity contribution in [3.8, 4) is 0 Å². The van der Waals surface area contributed by atoms with Crippen LogP contribution in [0.5, 0.6) is 0 Å². The number of nitrogens with one attached hydrogen (secondary N) is 1. The van der Waals surface area contributed by atoms with Gasteiger partial charge in [0.25, 0.3) is 0 Å². The average molecular weight is 322 g/mol. The zero-order valence-electron chi connectivity index (χ0n) is 13.3. The van der Waals surface area contributed by atoms with Crippen LogP contribution in [0.1, 0.15) is 30.9 Å². The number of nitrogens with zero attached hydrogens (tertiary/aromatic N) is 2. The van der Waals surface area contributed by atoms with Crippen LogP contribution in [0.25, 0.3) is 0 Å². The van der Waals surface area contributed by atoms with E-state index in [-0.39, 0.29) is 6.04 Å². The summed E-state index contributed by atoms with van der Waals surface area (Å²) in [4.78, 5) is 2.39. The number of hydroxylamine groups is 2. The first-order valence-corrected chi connectivity index (χ1v) is 8.28. The lowest BCUT2D eigenvalue weighted by atomic mass is 10.0. The fourth-order valence-corrected chi connectivity index (χ4v) is 3.60. The molecule has 0 aromatic heterocycles. The summed E-state index contributed by atoms with van der Waals surface area (Å²) >= 11 is 6.23. The molecule has 3 aliphatic rings. The van der Waals surface area contributed by atoms with Gasteiger partial charge in [0.1, 0.15) is 0 Å². The molecule has 1 atom stereocenters. The molecule has 0 radical (unpaired) electrons. The molecule has 0 spiro atoms. The number of rotatable bonds is 5. The molecule has 5 heteroatoms. The first kappa shape index (κ1) is 15.8. The van der Waals surface area contributed by atoms with Crippen molar-refractivity contribution in [2.45, 2.75) is 39.3 Å². The van der Waals surface area contributed by atoms with Crippen molar-refractivity contribution in [3.63, 3.8) is 0 Å². The van der Waals surface area contributed by atoms with Crippen LogP contribution in [0.15, 0.2) is 29.5 Å². The van der Waals surface area contributed by atoms with Gasteiger partial charge in [0.2, 0.25) is 0 Å². The Hall–Kier alpha value is -1.07. The minimum Gasteiger partial charge on any atom is -0.371 e. The van der Waals surface area contributed by atoms with Crippen molar-refractivity contribution in [1.29, 1.82) is 0 Å². The van der Waals surface area contributed by atoms with Crippen molar-refractivity contribution in [3.05, 3.63) is 45.6 Å². The average Bonchev–Trinajstić information content (AvgIpc) is 2.81. The number of hydrogen-bond acceptors (Lipinski definition) is 4. The van der Waals surface area contributed by atoms with Gasteiger partial charge in [0, 0.05) is 36.4 Å². The maximum absolute atomic E-state index is 10.3. The third-order valence-electron chi connectivity index (χ3n) is 4.93. The molecule has 1 fully saturated rings. The van der Waals surface area contributed by atoms with E-state index in [1.807, 2.05) is 12.1 Å². The highest BCUT2D eigenvalue weighted by Gasteiger charge is 2.31. The Balaban J connectivity index is 1.51. The number of halogens is 1. The molecule has 2 bridgehead atoms. The van der Waals surface area contributed by atoms with Crippen LogP contribution in [0.2, 0.25) is 5.02 Å². The van der Waals surface area contributed by atoms with Crippen LogP contribution in [0.3, 0.4) is 0 Å². The fraction of sp³-hybridized carbons (Fsp3) is 0.529. The molecule has 22 heavy (non-hydrogen) atoms. The molecule has 0 aliphatic carbocycles. The van der Waals surface area contributed by atoms with E-state index >= 15 is 0 Å². The molecule has 4 rings (SSSR count). The minimum atomic E-state index is 0.206. The summed E-state index contributed by atoms with van der Waals surface area (Å²) in [5.41, 5.74) is 5.18. The van der Waals surface area contributed by atoms with Crippen molar-refractivity contribution >= 4 is 11.6 Å². The maximum Gasteiger partial charge on any atom is 0.0735 e. The first-order valence-electron chi connectivity index (χ1n) is 7.90. The first-order chi connectivity index (χ1) is 10.6. The van der Waals surface area contributed by atoms with E-state index in [0.717, 1.165) is 36.5 Å². The zero-order valence-corrected chi connectivity index (χ0v) is 14.0. The monoisotopic (exact) mass is 321 g/mol. The minimum absolute atomic E-state index is 0.206. The SMILES string of the molecule is CC1=C2CC(N(O)CNCc3c(C)cccc3Cl)CCN1C2. The Labute approximate surface area is 137 Å². The second kappa shape index (κ2) is 6.59. The van der Waals surface area contributed by atoms with E-state index < -0.39 is 0 Å². The summed E-state index contributed by atoms with van der Waals surface area (Å²) in [6.45, 7) is 7.50. The van der Waals surface area contributed by atoms with Crippen LogP contribution in [-0.2, 0) is 6.54 Å². The van der Waals surface area contributed by atoms with Gasteiger partial charge >= 0.3 is 0 Å². The van der Waals surface area contributed by atoms with Crippen LogP contribution in [-0.4, -0.2) is 41.0 Å². The van der Waals surface area contributed by atoms with Gasteiger partial charge < -0.3 is 10.1 Å². The smallest absolute Gasteiger partial charge is 0.0735 e. The predicted octanol–water partition coefficient (Wildman–Crippen LogP) is 3.14. The number of aryl methyl sites for hydroxylation is 1. The highest BCUT2D eigenvalue weighted by atomic mass is 35.5. The number of allylic oxidation sites excluding steroid dienone is 1. The standard InChI is InChI=1S/C17H24ClN3O/c1-12-4-3-5-17(18)16(12)9-19-11-21(22)15-6-7-20-10-14(8-15)13(20)2/h3-5,15,19,22H,6-11H2,1-2H3. The summed E-state index contributed by atoms with van der Waals surface area (Å²) in [5, 5.41) is 15.9. The van der Waals surface area contributed by atoms with Gasteiger partial charge in [-0.3, -0.25) is 5.32 Å². The molecule has 3 aliphatic heterocycles. The molecule has 1 aromatic carbocycles. The Morgan fingerprint density at radius 2 is 2.23 bits per heavy atom. The van der Waals surface area contributed by atoms with Gasteiger partial charge in [-0.2, -0.15) is 5.06 Å². The highest BCUT2D eigenvalue weighted by Crippen LogP contribution is 2.32. The third kappa shape index (κ3) is 3.15. The van der Waals surface area contributed by atoms with Crippen molar-refractivity contribution in [2.75, 3.05) is 19.8 Å². The molecule has 1 unspecified atom stereocenters. The molecule has 0 amide bonds. The summed E-state index contributed by atoms with van der Waals surface area (Å²) in [6, 6.07) is 6.13. The second-order valence-corrected chi connectivity index (χ2v) is 6.72. The molecule has 3 heterocycles. The second-order valence-electron chi connectivity index (χ2n) is 6.32. The third-order valence-corrected chi connectivity index (χ3v) is 5.29. The van der Waals surface area contributed by atoms with E-state index in [0.29, 0.717) is 13.2 Å². The molecular formula is C17H24ClN3O. The summed E-state index contributed by atoms with van der Waals surface area (Å²) < 4.78 is 0. The Bertz CT molecular complexity index is 567. The molecular weight excluding hydrogens is 298 g/mol. The quantitative estimate of drug-likeness (QED) is 0.645. The van der Waals surface area contributed by atoms with Crippen LogP contribution < -0.4 is 5.32 Å². The fourth-order valence-electron chi connectivity index (χ4n) is 3.32. The van der Waals surface area contributed by atoms with Gasteiger partial charge in [0.15, 0.2) is 0 Å². The molecule has 0 saturated carbocycles. The van der Waals surface area contributed by atoms with Crippen LogP contribution in [0.4, 0.5) is 0 Å². The van der Waals surface area contributed by atoms with Crippen molar-refractivity contribution in [2.24, 2.45) is 0 Å². The molecule has 4 nitrogen and oxygen atoms in total. The topological polar surface area (TPSA) is 38.7 Å². The molecule has 1 saturated heterocycles. The Morgan fingerprint density at radius 3 is 2.95 bits per heavy atom. The number of benzene rings is 1. The van der Waals surface area contributed by atoms with E-state index in [2.05, 4.69) is 30.1 Å². The summed E-state index contributed by atoms with van der Waals surface area (Å²) in [7, 11) is 0. The predicted molar refractivity (Wildman–Crippen MR) is 88.8 cm³/mol. The molecule has 120 valence electrons. The van der Waals surface area contributed by atoms with Gasteiger partial charge in [-0.25, -0.2) is 0 Å². The molecule has 2 N–H and O–H groups in total. The van der Waals surface area contributed by atoms with E-state index in [1.54, 1.807) is 0 Å². The van der Waals surface area contributed by atoms with Gasteiger partial charge in [-0.1, -0.05) is 23.7 Å². The Morgan fingerprint density at radius 1 is 1.41 bits per heavy atom. The van der Waals surface area contributed by atoms with E-state index in [1.165, 1.54) is 21.9 Å². The van der Waals surface area contributed by atoms with Crippen molar-refractivity contribution in [1.82, 2.24) is 15.3 Å². The lowest BCUT2D eigenvalue weighted by molar-refractivity contribution is -0.133. The highest BCUT2D eigenvalue weighted by molar-refractivity contribution is 6.31. The van der Waals surface area contributed by atoms with Crippen LogP contribution >= 0.6 is 11.6 Å². The Kier molecular flexibility index (Phi) is 4.73. The summed E-state index contributed by atoms with van der Waals surface area (Å²) in [5.74, 6) is 0. The molecule has 1 aromatic rings. The lowest BCUT2D eigenvalue weighted by Crippen LogP contribution is -2.39. The lowest BCUT2D eigenvalue weighted by Gasteiger charge is -2.34. The van der Waals surface area contributed by atoms with Gasteiger partial charge in [-0.05, 0) is 49.5 Å². The number of hydrogen-bond donors (Lipinski definition) is 2. The summed E-state index contributed by atoms with van der Waals surface area (Å²) in [6.07, 6.45) is 1.98. The van der Waals surface area contributed by atoms with E-state index in [4.69, 9.17) is 11.6 Å². The largest absolute Gasteiger partial charge is 0.371 e. The van der Waals surface area contributed by atoms with Gasteiger partial charge in [-0.15, -0.1) is 0 Å². The van der Waals surface area contributed by atoms with Crippen molar-refractivity contribution < 1.29 is 5.21 Å². The van der Waals surface area contributed by atoms with Gasteiger partial charge in [0.05, 0.1) is 6.67 Å². The number of fused-ring (bicyclic) bond motifs is 3. The zero-order chi connectivity index (χ0) is 15.7. The normalized spacial score (nSPS) is 21.1.